The van der Waals surface area contributed by atoms with Gasteiger partial charge in [0.15, 0.2) is 5.17 Å². The molecule has 3 aliphatic heterocycles. The lowest BCUT2D eigenvalue weighted by molar-refractivity contribution is -0.118. The van der Waals surface area contributed by atoms with Crippen molar-refractivity contribution in [3.05, 3.63) is 40.4 Å². The number of thioether (sulfide) groups is 1. The maximum atomic E-state index is 12.9. The number of carbonyl (C=O) groups is 1. The molecule has 1 atom stereocenters. The van der Waals surface area contributed by atoms with Crippen molar-refractivity contribution in [3.8, 4) is 5.75 Å². The van der Waals surface area contributed by atoms with E-state index in [1.807, 2.05) is 31.2 Å². The average Bonchev–Trinajstić information content (AvgIpc) is 3.09. The lowest BCUT2D eigenvalue weighted by Gasteiger charge is -2.37. The number of rotatable bonds is 2. The van der Waals surface area contributed by atoms with Crippen molar-refractivity contribution >= 4 is 22.8 Å². The van der Waals surface area contributed by atoms with Gasteiger partial charge < -0.3 is 15.0 Å². The Balaban J connectivity index is 1.58. The van der Waals surface area contributed by atoms with Crippen LogP contribution in [0, 0.1) is 0 Å². The van der Waals surface area contributed by atoms with Gasteiger partial charge in [-0.15, -0.1) is 0 Å². The van der Waals surface area contributed by atoms with Crippen LogP contribution in [0.3, 0.4) is 0 Å². The highest BCUT2D eigenvalue weighted by atomic mass is 32.2. The number of amidine groups is 1. The minimum absolute atomic E-state index is 0.0212. The lowest BCUT2D eigenvalue weighted by atomic mass is 9.89. The normalized spacial score (nSPS) is 24.2. The molecular weight excluding hydrogens is 322 g/mol. The number of para-hydroxylation sites is 1. The molecule has 0 spiro atoms. The zero-order chi connectivity index (χ0) is 16.9. The molecule has 1 N–H and O–H groups in total. The van der Waals surface area contributed by atoms with Crippen molar-refractivity contribution in [2.75, 3.05) is 13.1 Å². The standard InChI is InChI=1S/C18H21N3O2S/c1-11-15(24-17-19-8-9-21(11)17)16(22)20-13-10-18(2,3)23-14-7-5-4-6-12(13)14/h4-7,13H,8-10H2,1-3H3,(H,20,22). The van der Waals surface area contributed by atoms with Gasteiger partial charge in [-0.2, -0.15) is 0 Å². The van der Waals surface area contributed by atoms with Gasteiger partial charge >= 0.3 is 0 Å². The fraction of sp³-hybridized carbons (Fsp3) is 0.444. The van der Waals surface area contributed by atoms with Crippen LogP contribution in [-0.2, 0) is 4.79 Å². The minimum Gasteiger partial charge on any atom is -0.487 e. The Kier molecular flexibility index (Phi) is 3.60. The summed E-state index contributed by atoms with van der Waals surface area (Å²) in [7, 11) is 0. The maximum absolute atomic E-state index is 12.9. The van der Waals surface area contributed by atoms with Crippen LogP contribution in [0.4, 0.5) is 0 Å². The number of benzene rings is 1. The van der Waals surface area contributed by atoms with E-state index in [4.69, 9.17) is 4.74 Å². The average molecular weight is 343 g/mol. The van der Waals surface area contributed by atoms with Gasteiger partial charge in [0.1, 0.15) is 11.4 Å². The van der Waals surface area contributed by atoms with Crippen LogP contribution in [-0.4, -0.2) is 34.7 Å². The Morgan fingerprint density at radius 2 is 2.21 bits per heavy atom. The van der Waals surface area contributed by atoms with E-state index in [2.05, 4.69) is 29.1 Å². The Bertz CT molecular complexity index is 769. The van der Waals surface area contributed by atoms with Gasteiger partial charge in [0.05, 0.1) is 17.5 Å². The molecule has 0 aliphatic carbocycles. The molecule has 3 aliphatic rings. The summed E-state index contributed by atoms with van der Waals surface area (Å²) < 4.78 is 6.04. The molecule has 0 saturated heterocycles. The van der Waals surface area contributed by atoms with Gasteiger partial charge in [-0.3, -0.25) is 9.79 Å². The molecule has 0 fully saturated rings. The molecular formula is C18H21N3O2S. The van der Waals surface area contributed by atoms with Crippen molar-refractivity contribution in [2.24, 2.45) is 4.99 Å². The minimum atomic E-state index is -0.303. The van der Waals surface area contributed by atoms with Gasteiger partial charge in [0, 0.05) is 24.2 Å². The third-order valence-corrected chi connectivity index (χ3v) is 5.83. The zero-order valence-electron chi connectivity index (χ0n) is 14.1. The van der Waals surface area contributed by atoms with Crippen LogP contribution in [0.2, 0.25) is 0 Å². The second-order valence-corrected chi connectivity index (χ2v) is 7.94. The first-order valence-electron chi connectivity index (χ1n) is 8.24. The van der Waals surface area contributed by atoms with Crippen molar-refractivity contribution in [1.82, 2.24) is 10.2 Å². The fourth-order valence-corrected chi connectivity index (χ4v) is 4.56. The molecule has 4 rings (SSSR count). The Morgan fingerprint density at radius 3 is 3.00 bits per heavy atom. The molecule has 3 heterocycles. The van der Waals surface area contributed by atoms with E-state index in [-0.39, 0.29) is 17.6 Å². The molecule has 1 aromatic carbocycles. The number of hydrogen-bond acceptors (Lipinski definition) is 5. The molecule has 126 valence electrons. The SMILES string of the molecule is CC1=C(C(=O)NC2CC(C)(C)Oc3ccccc32)SC2=NCCN21. The number of allylic oxidation sites excluding steroid dienone is 1. The Hall–Kier alpha value is -1.95. The van der Waals surface area contributed by atoms with E-state index in [9.17, 15) is 4.79 Å². The summed E-state index contributed by atoms with van der Waals surface area (Å²) in [4.78, 5) is 20.2. The van der Waals surface area contributed by atoms with Crippen molar-refractivity contribution in [3.63, 3.8) is 0 Å². The van der Waals surface area contributed by atoms with Gasteiger partial charge in [-0.1, -0.05) is 18.2 Å². The monoisotopic (exact) mass is 343 g/mol. The number of aliphatic imine (C=N–C) groups is 1. The van der Waals surface area contributed by atoms with Crippen LogP contribution in [0.5, 0.6) is 5.75 Å². The first-order chi connectivity index (χ1) is 11.4. The number of nitrogens with one attached hydrogen (secondary N) is 1. The second kappa shape index (κ2) is 5.55. The van der Waals surface area contributed by atoms with E-state index in [1.54, 1.807) is 0 Å². The van der Waals surface area contributed by atoms with Gasteiger partial charge in [-0.05, 0) is 38.6 Å². The molecule has 0 radical (unpaired) electrons. The largest absolute Gasteiger partial charge is 0.487 e. The van der Waals surface area contributed by atoms with Crippen LogP contribution in [0.1, 0.15) is 38.8 Å². The third kappa shape index (κ3) is 2.59. The van der Waals surface area contributed by atoms with Crippen LogP contribution in [0.25, 0.3) is 0 Å². The first-order valence-corrected chi connectivity index (χ1v) is 9.06. The number of carbonyl (C=O) groups excluding carboxylic acids is 1. The highest BCUT2D eigenvalue weighted by Gasteiger charge is 2.37. The maximum Gasteiger partial charge on any atom is 0.260 e. The summed E-state index contributed by atoms with van der Waals surface area (Å²) in [6.07, 6.45) is 0.747. The quantitative estimate of drug-likeness (QED) is 0.897. The summed E-state index contributed by atoms with van der Waals surface area (Å²) in [6.45, 7) is 7.80. The molecule has 0 bridgehead atoms. The third-order valence-electron chi connectivity index (χ3n) is 4.62. The van der Waals surface area contributed by atoms with Crippen LogP contribution >= 0.6 is 11.8 Å². The first kappa shape index (κ1) is 15.6. The highest BCUT2D eigenvalue weighted by molar-refractivity contribution is 8.18. The smallest absolute Gasteiger partial charge is 0.260 e. The summed E-state index contributed by atoms with van der Waals surface area (Å²) >= 11 is 1.48. The molecule has 1 amide bonds. The molecule has 0 aromatic heterocycles. The summed E-state index contributed by atoms with van der Waals surface area (Å²) in [5, 5.41) is 4.16. The van der Waals surface area contributed by atoms with Gasteiger partial charge in [0.25, 0.3) is 5.91 Å². The topological polar surface area (TPSA) is 53.9 Å². The van der Waals surface area contributed by atoms with Crippen LogP contribution < -0.4 is 10.1 Å². The fourth-order valence-electron chi connectivity index (χ4n) is 3.48. The summed E-state index contributed by atoms with van der Waals surface area (Å²) in [6, 6.07) is 7.90. The van der Waals surface area contributed by atoms with Crippen LogP contribution in [0.15, 0.2) is 39.9 Å². The molecule has 5 nitrogen and oxygen atoms in total. The van der Waals surface area contributed by atoms with Gasteiger partial charge in [-0.25, -0.2) is 0 Å². The van der Waals surface area contributed by atoms with E-state index in [0.717, 1.165) is 46.6 Å². The molecule has 0 saturated carbocycles. The van der Waals surface area contributed by atoms with Gasteiger partial charge in [0.2, 0.25) is 0 Å². The predicted molar refractivity (Wildman–Crippen MR) is 95.9 cm³/mol. The summed E-state index contributed by atoms with van der Waals surface area (Å²) in [5.41, 5.74) is 1.75. The predicted octanol–water partition coefficient (Wildman–Crippen LogP) is 3.05. The van der Waals surface area contributed by atoms with E-state index >= 15 is 0 Å². The van der Waals surface area contributed by atoms with E-state index < -0.39 is 0 Å². The van der Waals surface area contributed by atoms with E-state index in [1.165, 1.54) is 11.8 Å². The summed E-state index contributed by atoms with van der Waals surface area (Å²) in [5.74, 6) is 0.834. The second-order valence-electron chi connectivity index (χ2n) is 6.96. The Labute approximate surface area is 146 Å². The zero-order valence-corrected chi connectivity index (χ0v) is 14.9. The highest BCUT2D eigenvalue weighted by Crippen LogP contribution is 2.41. The number of hydrogen-bond donors (Lipinski definition) is 1. The lowest BCUT2D eigenvalue weighted by Crippen LogP contribution is -2.41. The molecule has 1 aromatic rings. The molecule has 24 heavy (non-hydrogen) atoms. The molecule has 6 heteroatoms. The number of nitrogens with zero attached hydrogens (tertiary/aromatic N) is 2. The van der Waals surface area contributed by atoms with E-state index in [0.29, 0.717) is 0 Å². The Morgan fingerprint density at radius 1 is 1.42 bits per heavy atom. The van der Waals surface area contributed by atoms with Crippen molar-refractivity contribution in [1.29, 1.82) is 0 Å². The molecule has 1 unspecified atom stereocenters. The number of amides is 1. The van der Waals surface area contributed by atoms with Crippen molar-refractivity contribution < 1.29 is 9.53 Å². The number of fused-ring (bicyclic) bond motifs is 2. The number of ether oxygens (including phenoxy) is 1. The van der Waals surface area contributed by atoms with Crippen molar-refractivity contribution in [2.45, 2.75) is 38.8 Å².